The van der Waals surface area contributed by atoms with Crippen LogP contribution in [0.15, 0.2) is 42.9 Å². The van der Waals surface area contributed by atoms with E-state index in [9.17, 15) is 4.79 Å². The fourth-order valence-corrected chi connectivity index (χ4v) is 1.25. The number of carbonyl (C=O) groups is 1. The van der Waals surface area contributed by atoms with Crippen LogP contribution >= 0.6 is 0 Å². The summed E-state index contributed by atoms with van der Waals surface area (Å²) in [6, 6.07) is 8.61. The number of nitrogens with one attached hydrogen (secondary N) is 1. The van der Waals surface area contributed by atoms with E-state index in [0.29, 0.717) is 16.9 Å². The van der Waals surface area contributed by atoms with Gasteiger partial charge in [-0.25, -0.2) is 4.98 Å². The Labute approximate surface area is 97.8 Å². The smallest absolute Gasteiger partial charge is 0.258 e. The summed E-state index contributed by atoms with van der Waals surface area (Å²) in [5.41, 5.74) is 0.674. The van der Waals surface area contributed by atoms with Gasteiger partial charge in [-0.1, -0.05) is 6.07 Å². The molecule has 2 aromatic heterocycles. The van der Waals surface area contributed by atoms with Crippen LogP contribution in [0, 0.1) is 11.3 Å². The first-order valence-corrected chi connectivity index (χ1v) is 4.87. The summed E-state index contributed by atoms with van der Waals surface area (Å²) in [7, 11) is 0. The van der Waals surface area contributed by atoms with Gasteiger partial charge >= 0.3 is 0 Å². The molecule has 0 aromatic carbocycles. The van der Waals surface area contributed by atoms with E-state index < -0.39 is 0 Å². The maximum atomic E-state index is 11.8. The summed E-state index contributed by atoms with van der Waals surface area (Å²) < 4.78 is 0. The van der Waals surface area contributed by atoms with Gasteiger partial charge in [-0.2, -0.15) is 5.26 Å². The summed E-state index contributed by atoms with van der Waals surface area (Å²) in [5, 5.41) is 11.3. The van der Waals surface area contributed by atoms with Crippen molar-refractivity contribution in [1.82, 2.24) is 9.97 Å². The fourth-order valence-electron chi connectivity index (χ4n) is 1.25. The number of rotatable bonds is 2. The third-order valence-corrected chi connectivity index (χ3v) is 2.04. The lowest BCUT2D eigenvalue weighted by Crippen LogP contribution is -2.13. The van der Waals surface area contributed by atoms with Crippen molar-refractivity contribution in [3.05, 3.63) is 54.0 Å². The van der Waals surface area contributed by atoms with Crippen molar-refractivity contribution in [2.75, 3.05) is 5.32 Å². The van der Waals surface area contributed by atoms with Crippen LogP contribution in [0.5, 0.6) is 0 Å². The van der Waals surface area contributed by atoms with E-state index >= 15 is 0 Å². The molecular formula is C12H8N4O. The minimum absolute atomic E-state index is 0.328. The summed E-state index contributed by atoms with van der Waals surface area (Å²) >= 11 is 0. The highest BCUT2D eigenvalue weighted by Crippen LogP contribution is 2.06. The van der Waals surface area contributed by atoms with Crippen molar-refractivity contribution in [3.63, 3.8) is 0 Å². The molecule has 0 radical (unpaired) electrons. The van der Waals surface area contributed by atoms with E-state index in [0.717, 1.165) is 0 Å². The van der Waals surface area contributed by atoms with Gasteiger partial charge in [0.1, 0.15) is 11.9 Å². The van der Waals surface area contributed by atoms with Crippen LogP contribution in [0.4, 0.5) is 5.82 Å². The Morgan fingerprint density at radius 3 is 2.94 bits per heavy atom. The molecule has 5 heteroatoms. The molecule has 2 heterocycles. The van der Waals surface area contributed by atoms with Crippen LogP contribution in [0.3, 0.4) is 0 Å². The highest BCUT2D eigenvalue weighted by atomic mass is 16.1. The highest BCUT2D eigenvalue weighted by molar-refractivity contribution is 6.03. The summed E-state index contributed by atoms with van der Waals surface area (Å²) in [6.07, 6.45) is 4.39. The minimum atomic E-state index is -0.340. The average Bonchev–Trinajstić information content (AvgIpc) is 2.40. The summed E-state index contributed by atoms with van der Waals surface area (Å²) in [4.78, 5) is 19.6. The Morgan fingerprint density at radius 2 is 2.24 bits per heavy atom. The van der Waals surface area contributed by atoms with Crippen LogP contribution in [0.25, 0.3) is 0 Å². The number of hydrogen-bond donors (Lipinski definition) is 1. The van der Waals surface area contributed by atoms with Crippen molar-refractivity contribution in [3.8, 4) is 6.07 Å². The number of carbonyl (C=O) groups excluding carboxylic acids is 1. The molecule has 1 amide bonds. The first kappa shape index (κ1) is 10.8. The molecule has 17 heavy (non-hydrogen) atoms. The average molecular weight is 224 g/mol. The zero-order valence-electron chi connectivity index (χ0n) is 8.79. The second-order valence-electron chi connectivity index (χ2n) is 3.24. The van der Waals surface area contributed by atoms with Gasteiger partial charge in [0.05, 0.1) is 11.1 Å². The van der Waals surface area contributed by atoms with Crippen LogP contribution in [-0.4, -0.2) is 15.9 Å². The van der Waals surface area contributed by atoms with Gasteiger partial charge in [-0.05, 0) is 18.2 Å². The molecule has 5 nitrogen and oxygen atoms in total. The van der Waals surface area contributed by atoms with Gasteiger partial charge in [-0.3, -0.25) is 9.78 Å². The molecule has 0 fully saturated rings. The lowest BCUT2D eigenvalue weighted by molar-refractivity contribution is 0.102. The van der Waals surface area contributed by atoms with Crippen LogP contribution in [0.1, 0.15) is 15.9 Å². The Morgan fingerprint density at radius 1 is 1.35 bits per heavy atom. The van der Waals surface area contributed by atoms with Gasteiger partial charge < -0.3 is 5.32 Å². The van der Waals surface area contributed by atoms with Crippen LogP contribution < -0.4 is 5.32 Å². The lowest BCUT2D eigenvalue weighted by atomic mass is 10.2. The lowest BCUT2D eigenvalue weighted by Gasteiger charge is -2.03. The highest BCUT2D eigenvalue weighted by Gasteiger charge is 2.07. The number of aromatic nitrogens is 2. The number of nitriles is 1. The van der Waals surface area contributed by atoms with Gasteiger partial charge in [0.25, 0.3) is 5.91 Å². The zero-order chi connectivity index (χ0) is 12.1. The van der Waals surface area contributed by atoms with Crippen molar-refractivity contribution >= 4 is 11.7 Å². The predicted molar refractivity (Wildman–Crippen MR) is 61.1 cm³/mol. The van der Waals surface area contributed by atoms with E-state index in [1.807, 2.05) is 6.07 Å². The molecule has 0 saturated carbocycles. The molecule has 2 aromatic rings. The van der Waals surface area contributed by atoms with Gasteiger partial charge in [0.15, 0.2) is 0 Å². The molecule has 0 atom stereocenters. The Hall–Kier alpha value is -2.74. The number of amides is 1. The number of pyridine rings is 2. The van der Waals surface area contributed by atoms with Crippen molar-refractivity contribution in [2.24, 2.45) is 0 Å². The second-order valence-corrected chi connectivity index (χ2v) is 3.24. The fraction of sp³-hybridized carbons (Fsp3) is 0. The normalized spacial score (nSPS) is 9.35. The van der Waals surface area contributed by atoms with Gasteiger partial charge in [-0.15, -0.1) is 0 Å². The number of anilines is 1. The molecule has 0 bridgehead atoms. The molecule has 0 aliphatic carbocycles. The van der Waals surface area contributed by atoms with Crippen LogP contribution in [0.2, 0.25) is 0 Å². The molecule has 0 spiro atoms. The largest absolute Gasteiger partial charge is 0.307 e. The first-order valence-electron chi connectivity index (χ1n) is 4.87. The molecule has 0 aliphatic rings. The quantitative estimate of drug-likeness (QED) is 0.840. The summed E-state index contributed by atoms with van der Waals surface area (Å²) in [6.45, 7) is 0. The molecule has 82 valence electrons. The van der Waals surface area contributed by atoms with E-state index in [1.165, 1.54) is 18.5 Å². The molecule has 0 aliphatic heterocycles. The van der Waals surface area contributed by atoms with E-state index in [2.05, 4.69) is 15.3 Å². The van der Waals surface area contributed by atoms with Crippen molar-refractivity contribution < 1.29 is 4.79 Å². The first-order chi connectivity index (χ1) is 8.29. The SMILES string of the molecule is N#Cc1cncc(C(=O)Nc2ccccn2)c1. The van der Waals surface area contributed by atoms with E-state index in [-0.39, 0.29) is 5.91 Å². The van der Waals surface area contributed by atoms with Crippen molar-refractivity contribution in [2.45, 2.75) is 0 Å². The monoisotopic (exact) mass is 224 g/mol. The van der Waals surface area contributed by atoms with Crippen molar-refractivity contribution in [1.29, 1.82) is 5.26 Å². The maximum Gasteiger partial charge on any atom is 0.258 e. The Kier molecular flexibility index (Phi) is 3.08. The number of hydrogen-bond acceptors (Lipinski definition) is 4. The molecular weight excluding hydrogens is 216 g/mol. The maximum absolute atomic E-state index is 11.8. The minimum Gasteiger partial charge on any atom is -0.307 e. The van der Waals surface area contributed by atoms with E-state index in [1.54, 1.807) is 24.4 Å². The van der Waals surface area contributed by atoms with Crippen LogP contribution in [-0.2, 0) is 0 Å². The topological polar surface area (TPSA) is 78.7 Å². The van der Waals surface area contributed by atoms with Gasteiger partial charge in [0, 0.05) is 18.6 Å². The summed E-state index contributed by atoms with van der Waals surface area (Å²) in [5.74, 6) is 0.119. The standard InChI is InChI=1S/C12H8N4O/c13-6-9-5-10(8-14-7-9)12(17)16-11-3-1-2-4-15-11/h1-5,7-8H,(H,15,16,17). The Balaban J connectivity index is 2.18. The molecule has 0 unspecified atom stereocenters. The molecule has 1 N–H and O–H groups in total. The number of nitrogens with zero attached hydrogens (tertiary/aromatic N) is 3. The molecule has 0 saturated heterocycles. The Bertz CT molecular complexity index is 575. The third kappa shape index (κ3) is 2.63. The predicted octanol–water partition coefficient (Wildman–Crippen LogP) is 1.60. The van der Waals surface area contributed by atoms with E-state index in [4.69, 9.17) is 5.26 Å². The zero-order valence-corrected chi connectivity index (χ0v) is 8.79. The third-order valence-electron chi connectivity index (χ3n) is 2.04. The van der Waals surface area contributed by atoms with Gasteiger partial charge in [0.2, 0.25) is 0 Å². The molecule has 2 rings (SSSR count). The second kappa shape index (κ2) is 4.86.